The Morgan fingerprint density at radius 3 is 2.72 bits per heavy atom. The second-order valence-corrected chi connectivity index (χ2v) is 5.82. The number of para-hydroxylation sites is 1. The summed E-state index contributed by atoms with van der Waals surface area (Å²) in [6, 6.07) is 21.0. The Morgan fingerprint density at radius 1 is 1.04 bits per heavy atom. The maximum Gasteiger partial charge on any atom is 0.357 e. The second kappa shape index (κ2) is 6.73. The van der Waals surface area contributed by atoms with Crippen molar-refractivity contribution in [3.8, 4) is 0 Å². The van der Waals surface area contributed by atoms with Gasteiger partial charge in [0.05, 0.1) is 11.2 Å². The molecule has 4 rings (SSSR count). The normalized spacial score (nSPS) is 16.3. The summed E-state index contributed by atoms with van der Waals surface area (Å²) < 4.78 is 5.35. The molecule has 0 amide bonds. The molecule has 1 aromatic heterocycles. The summed E-state index contributed by atoms with van der Waals surface area (Å²) in [5.74, 6) is -0.456. The zero-order chi connectivity index (χ0) is 17.1. The van der Waals surface area contributed by atoms with E-state index in [1.807, 2.05) is 60.7 Å². The molecule has 2 aromatic carbocycles. The largest absolute Gasteiger partial charge is 0.457 e. The molecule has 5 heteroatoms. The molecule has 0 saturated heterocycles. The van der Waals surface area contributed by atoms with E-state index in [4.69, 9.17) is 9.57 Å². The van der Waals surface area contributed by atoms with Crippen LogP contribution in [0.3, 0.4) is 0 Å². The highest BCUT2D eigenvalue weighted by molar-refractivity contribution is 6.01. The summed E-state index contributed by atoms with van der Waals surface area (Å²) in [7, 11) is 0. The highest BCUT2D eigenvalue weighted by Gasteiger charge is 2.24. The lowest BCUT2D eigenvalue weighted by Gasteiger charge is -2.09. The number of ether oxygens (including phenoxy) is 1. The molecule has 0 spiro atoms. The summed E-state index contributed by atoms with van der Waals surface area (Å²) >= 11 is 0. The van der Waals surface area contributed by atoms with E-state index in [2.05, 4.69) is 10.1 Å². The van der Waals surface area contributed by atoms with Gasteiger partial charge >= 0.3 is 5.97 Å². The molecule has 3 aromatic rings. The van der Waals surface area contributed by atoms with Gasteiger partial charge in [0.2, 0.25) is 0 Å². The minimum Gasteiger partial charge on any atom is -0.457 e. The second-order valence-electron chi connectivity index (χ2n) is 5.82. The van der Waals surface area contributed by atoms with Gasteiger partial charge in [0.15, 0.2) is 6.10 Å². The number of oxime groups is 1. The lowest BCUT2D eigenvalue weighted by molar-refractivity contribution is 0.00647. The van der Waals surface area contributed by atoms with Crippen molar-refractivity contribution in [1.29, 1.82) is 0 Å². The van der Waals surface area contributed by atoms with Crippen molar-refractivity contribution in [2.45, 2.75) is 12.5 Å². The quantitative estimate of drug-likeness (QED) is 0.685. The number of benzene rings is 2. The van der Waals surface area contributed by atoms with Crippen molar-refractivity contribution < 1.29 is 14.4 Å². The summed E-state index contributed by atoms with van der Waals surface area (Å²) in [5, 5.41) is 5.07. The number of aromatic nitrogens is 1. The standard InChI is InChI=1S/C20H16N2O3/c23-20(18-11-10-15-8-4-5-9-17(15)21-18)24-13-16-12-19(22-25-16)14-6-2-1-3-7-14/h1-11,16H,12-13H2. The van der Waals surface area contributed by atoms with Crippen LogP contribution in [0.5, 0.6) is 0 Å². The first-order valence-electron chi connectivity index (χ1n) is 8.10. The van der Waals surface area contributed by atoms with Crippen molar-refractivity contribution in [1.82, 2.24) is 4.98 Å². The molecule has 25 heavy (non-hydrogen) atoms. The van der Waals surface area contributed by atoms with Crippen molar-refractivity contribution in [3.63, 3.8) is 0 Å². The number of rotatable bonds is 4. The smallest absolute Gasteiger partial charge is 0.357 e. The molecule has 1 aliphatic heterocycles. The van der Waals surface area contributed by atoms with E-state index in [-0.39, 0.29) is 12.7 Å². The van der Waals surface area contributed by atoms with Crippen LogP contribution in [-0.4, -0.2) is 29.4 Å². The van der Waals surface area contributed by atoms with Crippen LogP contribution in [0.25, 0.3) is 10.9 Å². The Morgan fingerprint density at radius 2 is 1.84 bits per heavy atom. The molecule has 124 valence electrons. The number of esters is 1. The van der Waals surface area contributed by atoms with Gasteiger partial charge in [-0.05, 0) is 17.7 Å². The number of hydrogen-bond acceptors (Lipinski definition) is 5. The highest BCUT2D eigenvalue weighted by atomic mass is 16.7. The lowest BCUT2D eigenvalue weighted by Crippen LogP contribution is -2.20. The predicted octanol–water partition coefficient (Wildman–Crippen LogP) is 3.58. The zero-order valence-electron chi connectivity index (χ0n) is 13.5. The van der Waals surface area contributed by atoms with Crippen LogP contribution in [0.1, 0.15) is 22.5 Å². The topological polar surface area (TPSA) is 60.8 Å². The summed E-state index contributed by atoms with van der Waals surface area (Å²) in [4.78, 5) is 21.9. The lowest BCUT2D eigenvalue weighted by atomic mass is 10.1. The molecule has 0 fully saturated rings. The van der Waals surface area contributed by atoms with Crippen molar-refractivity contribution >= 4 is 22.6 Å². The number of pyridine rings is 1. The summed E-state index contributed by atoms with van der Waals surface area (Å²) in [5.41, 5.74) is 2.95. The molecule has 1 atom stereocenters. The zero-order valence-corrected chi connectivity index (χ0v) is 13.5. The molecular formula is C20H16N2O3. The average molecular weight is 332 g/mol. The Hall–Kier alpha value is -3.21. The van der Waals surface area contributed by atoms with Crippen LogP contribution in [0.15, 0.2) is 71.9 Å². The van der Waals surface area contributed by atoms with Crippen LogP contribution < -0.4 is 0 Å². The third-order valence-electron chi connectivity index (χ3n) is 4.05. The van der Waals surface area contributed by atoms with Crippen LogP contribution in [0.2, 0.25) is 0 Å². The van der Waals surface area contributed by atoms with Gasteiger partial charge in [-0.15, -0.1) is 0 Å². The van der Waals surface area contributed by atoms with Gasteiger partial charge in [-0.1, -0.05) is 59.8 Å². The van der Waals surface area contributed by atoms with Gasteiger partial charge in [0.25, 0.3) is 0 Å². The number of nitrogens with zero attached hydrogens (tertiary/aromatic N) is 2. The third-order valence-corrected chi connectivity index (χ3v) is 4.05. The minimum atomic E-state index is -0.456. The van der Waals surface area contributed by atoms with Crippen LogP contribution in [0.4, 0.5) is 0 Å². The Balaban J connectivity index is 1.36. The fourth-order valence-corrected chi connectivity index (χ4v) is 2.74. The maximum atomic E-state index is 12.2. The Labute approximate surface area is 144 Å². The molecular weight excluding hydrogens is 316 g/mol. The third kappa shape index (κ3) is 3.35. The first kappa shape index (κ1) is 15.3. The number of hydrogen-bond donors (Lipinski definition) is 0. The van der Waals surface area contributed by atoms with Crippen molar-refractivity contribution in [3.05, 3.63) is 78.0 Å². The van der Waals surface area contributed by atoms with Gasteiger partial charge in [-0.3, -0.25) is 0 Å². The van der Waals surface area contributed by atoms with Gasteiger partial charge in [-0.25, -0.2) is 9.78 Å². The number of carbonyl (C=O) groups excluding carboxylic acids is 1. The molecule has 1 aliphatic rings. The molecule has 0 radical (unpaired) electrons. The van der Waals surface area contributed by atoms with Gasteiger partial charge < -0.3 is 9.57 Å². The van der Waals surface area contributed by atoms with Crippen molar-refractivity contribution in [2.75, 3.05) is 6.61 Å². The number of carbonyl (C=O) groups is 1. The number of fused-ring (bicyclic) bond motifs is 1. The fraction of sp³-hybridized carbons (Fsp3) is 0.150. The average Bonchev–Trinajstić information content (AvgIpc) is 3.15. The van der Waals surface area contributed by atoms with E-state index in [9.17, 15) is 4.79 Å². The molecule has 0 bridgehead atoms. The molecule has 2 heterocycles. The minimum absolute atomic E-state index is 0.146. The van der Waals surface area contributed by atoms with E-state index in [1.165, 1.54) is 0 Å². The first-order chi connectivity index (χ1) is 12.3. The summed E-state index contributed by atoms with van der Waals surface area (Å²) in [6.07, 6.45) is 0.349. The van der Waals surface area contributed by atoms with Gasteiger partial charge in [0, 0.05) is 11.8 Å². The highest BCUT2D eigenvalue weighted by Crippen LogP contribution is 2.17. The van der Waals surface area contributed by atoms with E-state index in [0.29, 0.717) is 12.1 Å². The Bertz CT molecular complexity index is 938. The molecule has 0 aliphatic carbocycles. The molecule has 0 saturated carbocycles. The Kier molecular flexibility index (Phi) is 4.12. The van der Waals surface area contributed by atoms with E-state index >= 15 is 0 Å². The predicted molar refractivity (Wildman–Crippen MR) is 94.5 cm³/mol. The molecule has 5 nitrogen and oxygen atoms in total. The maximum absolute atomic E-state index is 12.2. The van der Waals surface area contributed by atoms with Crippen LogP contribution in [-0.2, 0) is 9.57 Å². The van der Waals surface area contributed by atoms with E-state index in [0.717, 1.165) is 22.2 Å². The van der Waals surface area contributed by atoms with Crippen LogP contribution in [0, 0.1) is 0 Å². The van der Waals surface area contributed by atoms with E-state index < -0.39 is 5.97 Å². The summed E-state index contributed by atoms with van der Waals surface area (Å²) in [6.45, 7) is 0.146. The molecule has 1 unspecified atom stereocenters. The monoisotopic (exact) mass is 332 g/mol. The van der Waals surface area contributed by atoms with Gasteiger partial charge in [-0.2, -0.15) is 0 Å². The molecule has 0 N–H and O–H groups in total. The fourth-order valence-electron chi connectivity index (χ4n) is 2.74. The van der Waals surface area contributed by atoms with Gasteiger partial charge in [0.1, 0.15) is 12.3 Å². The SMILES string of the molecule is O=C(OCC1CC(c2ccccc2)=NO1)c1ccc2ccccc2n1. The van der Waals surface area contributed by atoms with Crippen LogP contribution >= 0.6 is 0 Å². The first-order valence-corrected chi connectivity index (χ1v) is 8.10. The van der Waals surface area contributed by atoms with Crippen molar-refractivity contribution in [2.24, 2.45) is 5.16 Å². The van der Waals surface area contributed by atoms with E-state index in [1.54, 1.807) is 6.07 Å².